The average molecular weight is 236 g/mol. The van der Waals surface area contributed by atoms with Crippen molar-refractivity contribution in [2.24, 2.45) is 5.92 Å². The van der Waals surface area contributed by atoms with Gasteiger partial charge in [0.05, 0.1) is 6.61 Å². The zero-order chi connectivity index (χ0) is 12.3. The van der Waals surface area contributed by atoms with Crippen LogP contribution in [-0.4, -0.2) is 34.9 Å². The molecule has 4 nitrogen and oxygen atoms in total. The Morgan fingerprint density at radius 3 is 3.00 bits per heavy atom. The summed E-state index contributed by atoms with van der Waals surface area (Å²) in [6, 6.07) is 2.03. The summed E-state index contributed by atoms with van der Waals surface area (Å²) in [5.74, 6) is 0.569. The van der Waals surface area contributed by atoms with Crippen LogP contribution in [-0.2, 0) is 6.61 Å². The normalized spacial score (nSPS) is 19.9. The second kappa shape index (κ2) is 5.47. The summed E-state index contributed by atoms with van der Waals surface area (Å²) in [6.45, 7) is 4.23. The fraction of sp³-hybridized carbons (Fsp3) is 0.615. The highest BCUT2D eigenvalue weighted by Crippen LogP contribution is 2.28. The van der Waals surface area contributed by atoms with E-state index in [9.17, 15) is 5.11 Å². The molecule has 2 rings (SSSR count). The van der Waals surface area contributed by atoms with Crippen molar-refractivity contribution in [3.05, 3.63) is 23.5 Å². The first-order valence-electron chi connectivity index (χ1n) is 6.16. The topological polar surface area (TPSA) is 56.6 Å². The molecule has 0 radical (unpaired) electrons. The molecule has 1 aliphatic rings. The molecule has 1 aliphatic heterocycles. The van der Waals surface area contributed by atoms with Crippen LogP contribution in [0.2, 0.25) is 0 Å². The fourth-order valence-corrected chi connectivity index (χ4v) is 2.46. The van der Waals surface area contributed by atoms with Crippen molar-refractivity contribution in [3.63, 3.8) is 0 Å². The minimum absolute atomic E-state index is 0.0315. The first kappa shape index (κ1) is 12.3. The van der Waals surface area contributed by atoms with E-state index >= 15 is 0 Å². The minimum atomic E-state index is 0.0315. The third-order valence-electron chi connectivity index (χ3n) is 3.43. The largest absolute Gasteiger partial charge is 0.396 e. The molecule has 2 heterocycles. The monoisotopic (exact) mass is 236 g/mol. The number of hydrogen-bond acceptors (Lipinski definition) is 4. The van der Waals surface area contributed by atoms with Crippen molar-refractivity contribution >= 4 is 5.69 Å². The molecule has 2 N–H and O–H groups in total. The Labute approximate surface area is 102 Å². The molecule has 0 amide bonds. The molecule has 17 heavy (non-hydrogen) atoms. The lowest BCUT2D eigenvalue weighted by Crippen LogP contribution is -2.21. The Bertz CT molecular complexity index is 382. The highest BCUT2D eigenvalue weighted by Gasteiger charge is 2.23. The molecule has 0 aliphatic carbocycles. The van der Waals surface area contributed by atoms with Gasteiger partial charge >= 0.3 is 0 Å². The predicted octanol–water partition coefficient (Wildman–Crippen LogP) is 1.09. The molecule has 94 valence electrons. The van der Waals surface area contributed by atoms with Crippen LogP contribution in [0.4, 0.5) is 5.69 Å². The molecule has 0 bridgehead atoms. The van der Waals surface area contributed by atoms with Gasteiger partial charge in [0, 0.05) is 42.8 Å². The van der Waals surface area contributed by atoms with E-state index in [1.165, 1.54) is 0 Å². The average Bonchev–Trinajstić information content (AvgIpc) is 2.78. The minimum Gasteiger partial charge on any atom is -0.396 e. The summed E-state index contributed by atoms with van der Waals surface area (Å²) in [6.07, 6.45) is 3.74. The number of aryl methyl sites for hydroxylation is 1. The van der Waals surface area contributed by atoms with Gasteiger partial charge in [-0.1, -0.05) is 0 Å². The molecule has 1 aromatic heterocycles. The SMILES string of the molecule is Cc1cc(N2CCC(CCO)C2)c(CO)cn1. The Balaban J connectivity index is 2.14. The molecule has 0 saturated carbocycles. The Morgan fingerprint density at radius 1 is 1.47 bits per heavy atom. The molecular weight excluding hydrogens is 216 g/mol. The molecule has 1 aromatic rings. The van der Waals surface area contributed by atoms with Crippen LogP contribution >= 0.6 is 0 Å². The number of aromatic nitrogens is 1. The molecule has 1 atom stereocenters. The Kier molecular flexibility index (Phi) is 3.97. The van der Waals surface area contributed by atoms with Crippen LogP contribution in [0.1, 0.15) is 24.1 Å². The molecule has 1 fully saturated rings. The van der Waals surface area contributed by atoms with Gasteiger partial charge in [0.1, 0.15) is 0 Å². The fourth-order valence-electron chi connectivity index (χ4n) is 2.46. The number of nitrogens with zero attached hydrogens (tertiary/aromatic N) is 2. The van der Waals surface area contributed by atoms with Gasteiger partial charge in [0.2, 0.25) is 0 Å². The smallest absolute Gasteiger partial charge is 0.0717 e. The third kappa shape index (κ3) is 2.76. The molecule has 4 heteroatoms. The summed E-state index contributed by atoms with van der Waals surface area (Å²) in [7, 11) is 0. The van der Waals surface area contributed by atoms with Crippen molar-refractivity contribution in [2.75, 3.05) is 24.6 Å². The second-order valence-corrected chi connectivity index (χ2v) is 4.73. The van der Waals surface area contributed by atoms with Gasteiger partial charge in [-0.05, 0) is 31.7 Å². The van der Waals surface area contributed by atoms with E-state index in [-0.39, 0.29) is 13.2 Å². The lowest BCUT2D eigenvalue weighted by molar-refractivity contribution is 0.263. The van der Waals surface area contributed by atoms with E-state index < -0.39 is 0 Å². The quantitative estimate of drug-likeness (QED) is 0.821. The van der Waals surface area contributed by atoms with E-state index in [1.54, 1.807) is 6.20 Å². The van der Waals surface area contributed by atoms with Crippen molar-refractivity contribution < 1.29 is 10.2 Å². The van der Waals surface area contributed by atoms with Gasteiger partial charge in [-0.3, -0.25) is 4.98 Å². The van der Waals surface area contributed by atoms with Gasteiger partial charge in [0.25, 0.3) is 0 Å². The summed E-state index contributed by atoms with van der Waals surface area (Å²) in [5.41, 5.74) is 2.96. The van der Waals surface area contributed by atoms with Crippen LogP contribution < -0.4 is 4.90 Å². The molecule has 0 spiro atoms. The van der Waals surface area contributed by atoms with Crippen LogP contribution in [0.3, 0.4) is 0 Å². The van der Waals surface area contributed by atoms with Gasteiger partial charge in [-0.25, -0.2) is 0 Å². The highest BCUT2D eigenvalue weighted by atomic mass is 16.3. The van der Waals surface area contributed by atoms with Gasteiger partial charge in [-0.15, -0.1) is 0 Å². The molecule has 1 saturated heterocycles. The number of pyridine rings is 1. The summed E-state index contributed by atoms with van der Waals surface area (Å²) in [5, 5.41) is 18.3. The molecule has 0 aromatic carbocycles. The van der Waals surface area contributed by atoms with Crippen LogP contribution in [0.25, 0.3) is 0 Å². The summed E-state index contributed by atoms with van der Waals surface area (Å²) >= 11 is 0. The molecule has 1 unspecified atom stereocenters. The number of anilines is 1. The number of rotatable bonds is 4. The van der Waals surface area contributed by atoms with Crippen molar-refractivity contribution in [3.8, 4) is 0 Å². The van der Waals surface area contributed by atoms with Crippen LogP contribution in [0, 0.1) is 12.8 Å². The molecular formula is C13H20N2O2. The maximum absolute atomic E-state index is 9.33. The highest BCUT2D eigenvalue weighted by molar-refractivity contribution is 5.54. The number of aliphatic hydroxyl groups excluding tert-OH is 2. The van der Waals surface area contributed by atoms with Crippen molar-refractivity contribution in [1.82, 2.24) is 4.98 Å². The maximum Gasteiger partial charge on any atom is 0.0717 e. The maximum atomic E-state index is 9.33. The van der Waals surface area contributed by atoms with E-state index in [4.69, 9.17) is 5.11 Å². The van der Waals surface area contributed by atoms with Crippen molar-refractivity contribution in [2.45, 2.75) is 26.4 Å². The number of aliphatic hydroxyl groups is 2. The lowest BCUT2D eigenvalue weighted by Gasteiger charge is -2.21. The van der Waals surface area contributed by atoms with Crippen molar-refractivity contribution in [1.29, 1.82) is 0 Å². The van der Waals surface area contributed by atoms with E-state index in [0.29, 0.717) is 5.92 Å². The van der Waals surface area contributed by atoms with E-state index in [0.717, 1.165) is 42.9 Å². The standard InChI is InChI=1S/C13H20N2O2/c1-10-6-13(12(9-17)7-14-10)15-4-2-11(8-15)3-5-16/h6-7,11,16-17H,2-5,8-9H2,1H3. The first-order valence-corrected chi connectivity index (χ1v) is 6.16. The van der Waals surface area contributed by atoms with E-state index in [2.05, 4.69) is 9.88 Å². The lowest BCUT2D eigenvalue weighted by atomic mass is 10.1. The zero-order valence-electron chi connectivity index (χ0n) is 10.3. The van der Waals surface area contributed by atoms with Gasteiger partial charge < -0.3 is 15.1 Å². The van der Waals surface area contributed by atoms with Crippen LogP contribution in [0.15, 0.2) is 12.3 Å². The summed E-state index contributed by atoms with van der Waals surface area (Å²) < 4.78 is 0. The van der Waals surface area contributed by atoms with Gasteiger partial charge in [-0.2, -0.15) is 0 Å². The summed E-state index contributed by atoms with van der Waals surface area (Å²) in [4.78, 5) is 6.50. The predicted molar refractivity (Wildman–Crippen MR) is 66.9 cm³/mol. The van der Waals surface area contributed by atoms with Crippen LogP contribution in [0.5, 0.6) is 0 Å². The zero-order valence-corrected chi connectivity index (χ0v) is 10.3. The third-order valence-corrected chi connectivity index (χ3v) is 3.43. The van der Waals surface area contributed by atoms with E-state index in [1.807, 2.05) is 13.0 Å². The first-order chi connectivity index (χ1) is 8.24. The Hall–Kier alpha value is -1.13. The Morgan fingerprint density at radius 2 is 2.29 bits per heavy atom. The number of hydrogen-bond donors (Lipinski definition) is 2. The second-order valence-electron chi connectivity index (χ2n) is 4.73. The van der Waals surface area contributed by atoms with Gasteiger partial charge in [0.15, 0.2) is 0 Å².